The quantitative estimate of drug-likeness (QED) is 0.643. The molecule has 0 unspecified atom stereocenters. The van der Waals surface area contributed by atoms with E-state index in [9.17, 15) is 14.4 Å². The molecule has 0 aliphatic heterocycles. The van der Waals surface area contributed by atoms with E-state index >= 15 is 0 Å². The van der Waals surface area contributed by atoms with Gasteiger partial charge in [-0.1, -0.05) is 23.2 Å². The first-order chi connectivity index (χ1) is 11.5. The van der Waals surface area contributed by atoms with E-state index in [1.165, 1.54) is 36.4 Å². The maximum absolute atomic E-state index is 11.8. The van der Waals surface area contributed by atoms with E-state index < -0.39 is 24.4 Å². The summed E-state index contributed by atoms with van der Waals surface area (Å²) in [7, 11) is 0. The first-order valence-electron chi connectivity index (χ1n) is 6.73. The third kappa shape index (κ3) is 5.26. The molecule has 6 nitrogen and oxygen atoms in total. The molecule has 0 saturated carbocycles. The van der Waals surface area contributed by atoms with Crippen LogP contribution in [0.2, 0.25) is 10.0 Å². The summed E-state index contributed by atoms with van der Waals surface area (Å²) in [6, 6.07) is 12.1. The molecule has 0 aliphatic rings. The van der Waals surface area contributed by atoms with E-state index in [0.29, 0.717) is 15.6 Å². The van der Waals surface area contributed by atoms with Crippen molar-refractivity contribution in [2.75, 3.05) is 6.61 Å². The van der Waals surface area contributed by atoms with Crippen molar-refractivity contribution in [3.8, 4) is 0 Å². The summed E-state index contributed by atoms with van der Waals surface area (Å²) in [6.07, 6.45) is 0. The van der Waals surface area contributed by atoms with Crippen molar-refractivity contribution in [3.63, 3.8) is 0 Å². The monoisotopic (exact) mass is 366 g/mol. The second-order valence-corrected chi connectivity index (χ2v) is 5.47. The Morgan fingerprint density at radius 2 is 1.29 bits per heavy atom. The standard InChI is InChI=1S/C16H12Cl2N2O4/c17-12-5-1-10(2-6-12)15(22)20-19-14(21)9-24-16(23)11-3-7-13(18)8-4-11/h1-8H,9H2,(H,19,21)(H,20,22). The summed E-state index contributed by atoms with van der Waals surface area (Å²) in [6.45, 7) is -0.539. The van der Waals surface area contributed by atoms with Crippen molar-refractivity contribution < 1.29 is 19.1 Å². The number of hydrogen-bond acceptors (Lipinski definition) is 4. The highest BCUT2D eigenvalue weighted by molar-refractivity contribution is 6.31. The van der Waals surface area contributed by atoms with Gasteiger partial charge in [-0.25, -0.2) is 4.79 Å². The first-order valence-corrected chi connectivity index (χ1v) is 7.49. The molecule has 2 aromatic rings. The first kappa shape index (κ1) is 17.8. The third-order valence-electron chi connectivity index (χ3n) is 2.84. The molecule has 2 N–H and O–H groups in total. The van der Waals surface area contributed by atoms with Crippen LogP contribution in [0.1, 0.15) is 20.7 Å². The molecule has 24 heavy (non-hydrogen) atoms. The van der Waals surface area contributed by atoms with Crippen molar-refractivity contribution >= 4 is 41.0 Å². The van der Waals surface area contributed by atoms with Crippen molar-refractivity contribution in [2.45, 2.75) is 0 Å². The Labute approximate surface area is 147 Å². The predicted molar refractivity (Wildman–Crippen MR) is 88.8 cm³/mol. The molecule has 0 aromatic heterocycles. The second-order valence-electron chi connectivity index (χ2n) is 4.59. The molecule has 0 fully saturated rings. The number of rotatable bonds is 4. The van der Waals surface area contributed by atoms with Crippen molar-refractivity contribution in [2.24, 2.45) is 0 Å². The maximum atomic E-state index is 11.8. The van der Waals surface area contributed by atoms with E-state index in [1.807, 2.05) is 0 Å². The van der Waals surface area contributed by atoms with Crippen LogP contribution in [0.15, 0.2) is 48.5 Å². The molecule has 0 radical (unpaired) electrons. The molecule has 8 heteroatoms. The Morgan fingerprint density at radius 1 is 0.792 bits per heavy atom. The average molecular weight is 367 g/mol. The van der Waals surface area contributed by atoms with Crippen LogP contribution in [0.4, 0.5) is 0 Å². The van der Waals surface area contributed by atoms with E-state index in [4.69, 9.17) is 27.9 Å². The summed E-state index contributed by atoms with van der Waals surface area (Å²) >= 11 is 11.4. The molecule has 0 saturated heterocycles. The Kier molecular flexibility index (Phi) is 6.17. The fraction of sp³-hybridized carbons (Fsp3) is 0.0625. The number of esters is 1. The molecular formula is C16H12Cl2N2O4. The van der Waals surface area contributed by atoms with E-state index in [2.05, 4.69) is 10.9 Å². The van der Waals surface area contributed by atoms with Crippen LogP contribution >= 0.6 is 23.2 Å². The lowest BCUT2D eigenvalue weighted by Crippen LogP contribution is -2.43. The Bertz CT molecular complexity index is 682. The van der Waals surface area contributed by atoms with Gasteiger partial charge in [0, 0.05) is 15.6 Å². The molecule has 2 amide bonds. The van der Waals surface area contributed by atoms with Crippen molar-refractivity contribution in [1.82, 2.24) is 10.9 Å². The van der Waals surface area contributed by atoms with Gasteiger partial charge >= 0.3 is 5.97 Å². The zero-order valence-corrected chi connectivity index (χ0v) is 13.7. The molecule has 0 spiro atoms. The number of carbonyl (C=O) groups is 3. The summed E-state index contributed by atoms with van der Waals surface area (Å²) in [5.74, 6) is -1.88. The lowest BCUT2D eigenvalue weighted by Gasteiger charge is -2.08. The van der Waals surface area contributed by atoms with Gasteiger partial charge in [-0.2, -0.15) is 0 Å². The van der Waals surface area contributed by atoms with Gasteiger partial charge in [0.2, 0.25) is 0 Å². The van der Waals surface area contributed by atoms with Gasteiger partial charge in [0.05, 0.1) is 5.56 Å². The van der Waals surface area contributed by atoms with Gasteiger partial charge < -0.3 is 4.74 Å². The highest BCUT2D eigenvalue weighted by Crippen LogP contribution is 2.10. The van der Waals surface area contributed by atoms with Crippen molar-refractivity contribution in [1.29, 1.82) is 0 Å². The largest absolute Gasteiger partial charge is 0.452 e. The smallest absolute Gasteiger partial charge is 0.338 e. The molecule has 0 atom stereocenters. The van der Waals surface area contributed by atoms with Crippen LogP contribution in [-0.4, -0.2) is 24.4 Å². The normalized spacial score (nSPS) is 9.92. The van der Waals surface area contributed by atoms with Gasteiger partial charge in [-0.15, -0.1) is 0 Å². The molecule has 124 valence electrons. The topological polar surface area (TPSA) is 84.5 Å². The van der Waals surface area contributed by atoms with Gasteiger partial charge in [0.1, 0.15) is 0 Å². The van der Waals surface area contributed by atoms with E-state index in [1.54, 1.807) is 12.1 Å². The highest BCUT2D eigenvalue weighted by Gasteiger charge is 2.11. The minimum Gasteiger partial charge on any atom is -0.452 e. The van der Waals surface area contributed by atoms with Crippen LogP contribution in [-0.2, 0) is 9.53 Å². The Morgan fingerprint density at radius 3 is 1.83 bits per heavy atom. The Hall–Kier alpha value is -2.57. The number of hydrogen-bond donors (Lipinski definition) is 2. The van der Waals surface area contributed by atoms with Crippen molar-refractivity contribution in [3.05, 3.63) is 69.7 Å². The van der Waals surface area contributed by atoms with Crippen LogP contribution in [0.3, 0.4) is 0 Å². The number of ether oxygens (including phenoxy) is 1. The summed E-state index contributed by atoms with van der Waals surface area (Å²) in [5.41, 5.74) is 4.92. The second kappa shape index (κ2) is 8.33. The molecule has 2 aromatic carbocycles. The zero-order chi connectivity index (χ0) is 17.5. The molecule has 2 rings (SSSR count). The number of hydrazine groups is 1. The fourth-order valence-electron chi connectivity index (χ4n) is 1.64. The lowest BCUT2D eigenvalue weighted by atomic mass is 10.2. The zero-order valence-electron chi connectivity index (χ0n) is 12.2. The summed E-state index contributed by atoms with van der Waals surface area (Å²) < 4.78 is 4.82. The summed E-state index contributed by atoms with van der Waals surface area (Å²) in [5, 5.41) is 0.971. The van der Waals surface area contributed by atoms with Gasteiger partial charge in [0.25, 0.3) is 11.8 Å². The predicted octanol–water partition coefficient (Wildman–Crippen LogP) is 2.61. The van der Waals surface area contributed by atoms with Gasteiger partial charge in [-0.05, 0) is 48.5 Å². The molecule has 0 bridgehead atoms. The van der Waals surface area contributed by atoms with E-state index in [0.717, 1.165) is 0 Å². The van der Waals surface area contributed by atoms with Crippen LogP contribution in [0.5, 0.6) is 0 Å². The van der Waals surface area contributed by atoms with Crippen LogP contribution in [0.25, 0.3) is 0 Å². The lowest BCUT2D eigenvalue weighted by molar-refractivity contribution is -0.125. The number of amides is 2. The van der Waals surface area contributed by atoms with Crippen LogP contribution in [0, 0.1) is 0 Å². The molecule has 0 aliphatic carbocycles. The number of nitrogens with one attached hydrogen (secondary N) is 2. The molecular weight excluding hydrogens is 355 g/mol. The van der Waals surface area contributed by atoms with Gasteiger partial charge in [0.15, 0.2) is 6.61 Å². The SMILES string of the molecule is O=C(COC(=O)c1ccc(Cl)cc1)NNC(=O)c1ccc(Cl)cc1. The van der Waals surface area contributed by atoms with Gasteiger partial charge in [-0.3, -0.25) is 20.4 Å². The minimum atomic E-state index is -0.681. The highest BCUT2D eigenvalue weighted by atomic mass is 35.5. The number of carbonyl (C=O) groups excluding carboxylic acids is 3. The average Bonchev–Trinajstić information content (AvgIpc) is 2.58. The minimum absolute atomic E-state index is 0.261. The summed E-state index contributed by atoms with van der Waals surface area (Å²) in [4.78, 5) is 35.0. The Balaban J connectivity index is 1.77. The maximum Gasteiger partial charge on any atom is 0.338 e. The number of halogens is 2. The van der Waals surface area contributed by atoms with Crippen LogP contribution < -0.4 is 10.9 Å². The van der Waals surface area contributed by atoms with E-state index in [-0.39, 0.29) is 5.56 Å². The fourth-order valence-corrected chi connectivity index (χ4v) is 1.89. The molecule has 0 heterocycles. The third-order valence-corrected chi connectivity index (χ3v) is 3.34. The number of benzene rings is 2.